The molecule has 2 atom stereocenters. The van der Waals surface area contributed by atoms with Crippen molar-refractivity contribution in [1.29, 1.82) is 0 Å². The van der Waals surface area contributed by atoms with Crippen LogP contribution in [0, 0.1) is 0 Å². The van der Waals surface area contributed by atoms with E-state index in [-0.39, 0.29) is 6.04 Å². The van der Waals surface area contributed by atoms with Gasteiger partial charge >= 0.3 is 0 Å². The summed E-state index contributed by atoms with van der Waals surface area (Å²) >= 11 is 8.17. The molecule has 4 heteroatoms. The van der Waals surface area contributed by atoms with Gasteiger partial charge in [0.1, 0.15) is 0 Å². The molecule has 0 amide bonds. The normalized spacial score (nSPS) is 14.6. The largest absolute Gasteiger partial charge is 0.329 e. The molecule has 0 aliphatic heterocycles. The summed E-state index contributed by atoms with van der Waals surface area (Å²) in [5, 5.41) is 0.835. The van der Waals surface area contributed by atoms with Gasteiger partial charge in [0.25, 0.3) is 0 Å². The number of hydrogen-bond acceptors (Lipinski definition) is 3. The van der Waals surface area contributed by atoms with Crippen LogP contribution < -0.4 is 5.73 Å². The summed E-state index contributed by atoms with van der Waals surface area (Å²) in [5.41, 5.74) is 7.10. The lowest BCUT2D eigenvalue weighted by Crippen LogP contribution is -2.39. The van der Waals surface area contributed by atoms with Gasteiger partial charge in [0, 0.05) is 23.7 Å². The molecule has 1 rings (SSSR count). The second-order valence-electron chi connectivity index (χ2n) is 4.89. The molecule has 2 N–H and O–H groups in total. The Kier molecular flexibility index (Phi) is 7.84. The molecular formula is C15H25ClN2S. The van der Waals surface area contributed by atoms with E-state index in [2.05, 4.69) is 31.2 Å². The van der Waals surface area contributed by atoms with Crippen molar-refractivity contribution in [1.82, 2.24) is 4.90 Å². The Morgan fingerprint density at radius 1 is 1.37 bits per heavy atom. The van der Waals surface area contributed by atoms with Crippen molar-refractivity contribution < 1.29 is 0 Å². The molecule has 2 unspecified atom stereocenters. The summed E-state index contributed by atoms with van der Waals surface area (Å²) < 4.78 is 0. The Bertz CT molecular complexity index is 373. The van der Waals surface area contributed by atoms with Crippen LogP contribution in [0.4, 0.5) is 0 Å². The van der Waals surface area contributed by atoms with Gasteiger partial charge in [-0.1, -0.05) is 29.8 Å². The van der Waals surface area contributed by atoms with E-state index < -0.39 is 0 Å². The second kappa shape index (κ2) is 8.85. The summed E-state index contributed by atoms with van der Waals surface area (Å²) in [6.45, 7) is 2.89. The first kappa shape index (κ1) is 16.8. The van der Waals surface area contributed by atoms with Crippen LogP contribution in [0.3, 0.4) is 0 Å². The fourth-order valence-corrected chi connectivity index (χ4v) is 3.05. The van der Waals surface area contributed by atoms with Crippen LogP contribution in [0.15, 0.2) is 24.3 Å². The summed E-state index contributed by atoms with van der Waals surface area (Å²) in [6, 6.07) is 8.76. The lowest BCUT2D eigenvalue weighted by molar-refractivity contribution is 0.179. The lowest BCUT2D eigenvalue weighted by Gasteiger charge is -2.33. The summed E-state index contributed by atoms with van der Waals surface area (Å²) in [6.07, 6.45) is 4.50. The molecule has 0 saturated heterocycles. The molecule has 1 aromatic rings. The van der Waals surface area contributed by atoms with Gasteiger partial charge in [0.15, 0.2) is 0 Å². The highest BCUT2D eigenvalue weighted by Gasteiger charge is 2.20. The van der Waals surface area contributed by atoms with Crippen LogP contribution >= 0.6 is 23.4 Å². The van der Waals surface area contributed by atoms with Crippen molar-refractivity contribution in [3.8, 4) is 0 Å². The van der Waals surface area contributed by atoms with E-state index in [1.165, 1.54) is 17.7 Å². The van der Waals surface area contributed by atoms with Gasteiger partial charge < -0.3 is 5.73 Å². The number of thioether (sulfide) groups is 1. The molecule has 108 valence electrons. The summed E-state index contributed by atoms with van der Waals surface area (Å²) in [7, 11) is 2.14. The Morgan fingerprint density at radius 3 is 2.63 bits per heavy atom. The van der Waals surface area contributed by atoms with Gasteiger partial charge in [0.05, 0.1) is 0 Å². The smallest absolute Gasteiger partial charge is 0.0453 e. The fraction of sp³-hybridized carbons (Fsp3) is 0.600. The predicted octanol–water partition coefficient (Wildman–Crippen LogP) is 3.80. The van der Waals surface area contributed by atoms with Crippen LogP contribution in [0.2, 0.25) is 5.02 Å². The number of nitrogens with zero attached hydrogens (tertiary/aromatic N) is 1. The van der Waals surface area contributed by atoms with E-state index >= 15 is 0 Å². The van der Waals surface area contributed by atoms with Gasteiger partial charge in [-0.05, 0) is 50.5 Å². The van der Waals surface area contributed by atoms with Gasteiger partial charge in [0.2, 0.25) is 0 Å². The molecule has 19 heavy (non-hydrogen) atoms. The van der Waals surface area contributed by atoms with Crippen LogP contribution in [-0.4, -0.2) is 36.5 Å². The molecule has 0 heterocycles. The van der Waals surface area contributed by atoms with Crippen molar-refractivity contribution in [3.05, 3.63) is 34.9 Å². The molecule has 0 aromatic heterocycles. The monoisotopic (exact) mass is 300 g/mol. The van der Waals surface area contributed by atoms with Crippen LogP contribution in [0.5, 0.6) is 0 Å². The van der Waals surface area contributed by atoms with Gasteiger partial charge in [-0.2, -0.15) is 11.8 Å². The Hall–Kier alpha value is -0.220. The Balaban J connectivity index is 2.68. The van der Waals surface area contributed by atoms with Crippen LogP contribution in [-0.2, 0) is 0 Å². The van der Waals surface area contributed by atoms with Crippen LogP contribution in [0.25, 0.3) is 0 Å². The second-order valence-corrected chi connectivity index (χ2v) is 6.28. The Labute approximate surface area is 126 Å². The van der Waals surface area contributed by atoms with E-state index in [1.54, 1.807) is 0 Å². The van der Waals surface area contributed by atoms with Crippen LogP contribution in [0.1, 0.15) is 31.4 Å². The average Bonchev–Trinajstić information content (AvgIpc) is 2.43. The van der Waals surface area contributed by atoms with E-state index in [0.29, 0.717) is 12.6 Å². The number of likely N-dealkylation sites (N-methyl/N-ethyl adjacent to an activating group) is 1. The zero-order valence-electron chi connectivity index (χ0n) is 12.1. The zero-order chi connectivity index (χ0) is 14.3. The summed E-state index contributed by atoms with van der Waals surface area (Å²) in [5.74, 6) is 1.20. The molecule has 0 saturated carbocycles. The highest BCUT2D eigenvalue weighted by Crippen LogP contribution is 2.28. The third kappa shape index (κ3) is 4.99. The molecule has 0 aliphatic carbocycles. The molecule has 0 spiro atoms. The molecule has 0 aliphatic rings. The van der Waals surface area contributed by atoms with Crippen molar-refractivity contribution >= 4 is 23.4 Å². The molecule has 1 aromatic carbocycles. The third-order valence-electron chi connectivity index (χ3n) is 3.70. The minimum atomic E-state index is 0.288. The minimum absolute atomic E-state index is 0.288. The number of hydrogen-bond donors (Lipinski definition) is 1. The van der Waals surface area contributed by atoms with Crippen molar-refractivity contribution in [2.75, 3.05) is 25.6 Å². The average molecular weight is 301 g/mol. The molecule has 2 nitrogen and oxygen atoms in total. The maximum absolute atomic E-state index is 6.28. The number of nitrogens with two attached hydrogens (primary N) is 1. The zero-order valence-corrected chi connectivity index (χ0v) is 13.7. The third-order valence-corrected chi connectivity index (χ3v) is 4.74. The Morgan fingerprint density at radius 2 is 2.05 bits per heavy atom. The SMILES string of the molecule is CSCCCC(CN)N(C)C(C)c1ccccc1Cl. The first-order chi connectivity index (χ1) is 9.11. The minimum Gasteiger partial charge on any atom is -0.329 e. The number of rotatable bonds is 8. The number of benzene rings is 1. The van der Waals surface area contributed by atoms with Crippen molar-refractivity contribution in [3.63, 3.8) is 0 Å². The first-order valence-electron chi connectivity index (χ1n) is 6.77. The topological polar surface area (TPSA) is 29.3 Å². The highest BCUT2D eigenvalue weighted by atomic mass is 35.5. The number of halogens is 1. The van der Waals surface area contributed by atoms with Gasteiger partial charge in [-0.15, -0.1) is 0 Å². The fourth-order valence-electron chi connectivity index (χ4n) is 2.30. The van der Waals surface area contributed by atoms with Crippen molar-refractivity contribution in [2.45, 2.75) is 31.8 Å². The van der Waals surface area contributed by atoms with Crippen molar-refractivity contribution in [2.24, 2.45) is 5.73 Å². The lowest BCUT2D eigenvalue weighted by atomic mass is 10.0. The maximum atomic E-state index is 6.28. The molecule has 0 bridgehead atoms. The van der Waals surface area contributed by atoms with E-state index in [1.807, 2.05) is 30.0 Å². The maximum Gasteiger partial charge on any atom is 0.0453 e. The standard InChI is InChI=1S/C15H25ClN2S/c1-12(14-8-4-5-9-15(14)16)18(2)13(11-17)7-6-10-19-3/h4-5,8-9,12-13H,6-7,10-11,17H2,1-3H3. The molecular weight excluding hydrogens is 276 g/mol. The predicted molar refractivity (Wildman–Crippen MR) is 88.1 cm³/mol. The van der Waals surface area contributed by atoms with Gasteiger partial charge in [-0.3, -0.25) is 4.90 Å². The quantitative estimate of drug-likeness (QED) is 0.740. The first-order valence-corrected chi connectivity index (χ1v) is 8.54. The molecule has 0 radical (unpaired) electrons. The molecule has 0 fully saturated rings. The van der Waals surface area contributed by atoms with Gasteiger partial charge in [-0.25, -0.2) is 0 Å². The van der Waals surface area contributed by atoms with E-state index in [4.69, 9.17) is 17.3 Å². The van der Waals surface area contributed by atoms with E-state index in [9.17, 15) is 0 Å². The highest BCUT2D eigenvalue weighted by molar-refractivity contribution is 7.98. The summed E-state index contributed by atoms with van der Waals surface area (Å²) in [4.78, 5) is 2.35. The van der Waals surface area contributed by atoms with E-state index in [0.717, 1.165) is 11.4 Å².